The van der Waals surface area contributed by atoms with Crippen molar-refractivity contribution in [1.82, 2.24) is 0 Å². The Morgan fingerprint density at radius 1 is 1.12 bits per heavy atom. The van der Waals surface area contributed by atoms with Gasteiger partial charge in [0.05, 0.1) is 7.11 Å². The molecule has 2 nitrogen and oxygen atoms in total. The highest BCUT2D eigenvalue weighted by Crippen LogP contribution is 1.99. The van der Waals surface area contributed by atoms with Crippen LogP contribution < -0.4 is 0 Å². The molecule has 0 saturated heterocycles. The summed E-state index contributed by atoms with van der Waals surface area (Å²) in [4.78, 5) is 10.8. The van der Waals surface area contributed by atoms with E-state index in [0.29, 0.717) is 13.3 Å². The lowest BCUT2D eigenvalue weighted by atomic mass is 10.2. The average molecular weight is 237 g/mol. The molecule has 0 heterocycles. The summed E-state index contributed by atoms with van der Waals surface area (Å²) in [7, 11) is 1.42. The lowest BCUT2D eigenvalue weighted by molar-refractivity contribution is -0.140. The van der Waals surface area contributed by atoms with Crippen molar-refractivity contribution >= 4 is 5.97 Å². The van der Waals surface area contributed by atoms with Crippen molar-refractivity contribution in [3.05, 3.63) is 36.5 Å². The molecule has 0 N–H and O–H groups in total. The number of methoxy groups -OCH3 is 1. The largest absolute Gasteiger partial charge is 0.469 e. The first-order valence-electron chi connectivity index (χ1n) is 6.83. The van der Waals surface area contributed by atoms with E-state index in [2.05, 4.69) is 35.1 Å². The van der Waals surface area contributed by atoms with Crippen LogP contribution in [0.5, 0.6) is 0 Å². The number of rotatable bonds is 9. The Balaban J connectivity index is 3.37. The van der Waals surface area contributed by atoms with Gasteiger partial charge in [-0.15, -0.1) is 0 Å². The minimum Gasteiger partial charge on any atom is -0.469 e. The van der Waals surface area contributed by atoms with Crippen molar-refractivity contribution in [3.63, 3.8) is 0 Å². The SMILES string of the molecule is [2H]CC/C=C\C/C=C\C/C=C\CCCC(=O)OC. The van der Waals surface area contributed by atoms with Gasteiger partial charge in [-0.25, -0.2) is 0 Å². The highest BCUT2D eigenvalue weighted by Gasteiger charge is 1.96. The summed E-state index contributed by atoms with van der Waals surface area (Å²) in [6.07, 6.45) is 17.6. The van der Waals surface area contributed by atoms with Crippen molar-refractivity contribution in [2.75, 3.05) is 7.11 Å². The molecule has 0 aliphatic rings. The number of esters is 1. The van der Waals surface area contributed by atoms with E-state index in [1.165, 1.54) is 7.11 Å². The van der Waals surface area contributed by atoms with E-state index in [-0.39, 0.29) is 5.97 Å². The molecule has 0 bridgehead atoms. The number of hydrogen-bond donors (Lipinski definition) is 0. The number of hydrogen-bond acceptors (Lipinski definition) is 2. The van der Waals surface area contributed by atoms with E-state index in [1.807, 2.05) is 6.08 Å². The number of allylic oxidation sites excluding steroid dienone is 6. The van der Waals surface area contributed by atoms with Crippen LogP contribution in [-0.2, 0) is 9.53 Å². The van der Waals surface area contributed by atoms with E-state index in [1.54, 1.807) is 0 Å². The van der Waals surface area contributed by atoms with Gasteiger partial charge in [-0.2, -0.15) is 0 Å². The van der Waals surface area contributed by atoms with Crippen molar-refractivity contribution < 1.29 is 10.9 Å². The van der Waals surface area contributed by atoms with Crippen LogP contribution in [0.1, 0.15) is 46.8 Å². The Kier molecular flexibility index (Phi) is 10.3. The van der Waals surface area contributed by atoms with Gasteiger partial charge in [0.25, 0.3) is 0 Å². The number of unbranched alkanes of at least 4 members (excludes halogenated alkanes) is 1. The summed E-state index contributed by atoms with van der Waals surface area (Å²) in [5.74, 6) is -0.136. The fraction of sp³-hybridized carbons (Fsp3) is 0.533. The van der Waals surface area contributed by atoms with Crippen LogP contribution in [-0.4, -0.2) is 13.1 Å². The lowest BCUT2D eigenvalue weighted by Gasteiger charge is -1.95. The zero-order chi connectivity index (χ0) is 13.5. The maximum absolute atomic E-state index is 10.8. The third-order valence-electron chi connectivity index (χ3n) is 2.19. The molecule has 0 unspecified atom stereocenters. The summed E-state index contributed by atoms with van der Waals surface area (Å²) >= 11 is 0. The second-order valence-electron chi connectivity index (χ2n) is 3.64. The van der Waals surface area contributed by atoms with Crippen LogP contribution in [0.25, 0.3) is 0 Å². The smallest absolute Gasteiger partial charge is 0.305 e. The molecule has 0 aromatic heterocycles. The molecular formula is C15H24O2. The van der Waals surface area contributed by atoms with E-state index in [4.69, 9.17) is 1.37 Å². The fourth-order valence-electron chi connectivity index (χ4n) is 1.24. The van der Waals surface area contributed by atoms with Gasteiger partial charge >= 0.3 is 5.97 Å². The first-order chi connectivity index (χ1) is 8.81. The van der Waals surface area contributed by atoms with Crippen molar-refractivity contribution in [2.24, 2.45) is 0 Å². The zero-order valence-corrected chi connectivity index (χ0v) is 10.7. The van der Waals surface area contributed by atoms with Crippen molar-refractivity contribution in [2.45, 2.75) is 45.4 Å². The summed E-state index contributed by atoms with van der Waals surface area (Å²) in [5, 5.41) is 0. The summed E-state index contributed by atoms with van der Waals surface area (Å²) in [6, 6.07) is 0. The molecule has 0 spiro atoms. The predicted octanol–water partition coefficient (Wildman–Crippen LogP) is 4.19. The Hall–Kier alpha value is -1.31. The molecule has 0 aliphatic carbocycles. The van der Waals surface area contributed by atoms with Crippen LogP contribution in [0.3, 0.4) is 0 Å². The average Bonchev–Trinajstić information content (AvgIpc) is 2.39. The molecule has 17 heavy (non-hydrogen) atoms. The van der Waals surface area contributed by atoms with Gasteiger partial charge in [-0.3, -0.25) is 4.79 Å². The molecule has 0 rings (SSSR count). The van der Waals surface area contributed by atoms with Crippen LogP contribution in [0.2, 0.25) is 0 Å². The molecule has 2 heteroatoms. The van der Waals surface area contributed by atoms with Gasteiger partial charge in [-0.1, -0.05) is 43.4 Å². The minimum atomic E-state index is -0.136. The topological polar surface area (TPSA) is 26.3 Å². The lowest BCUT2D eigenvalue weighted by Crippen LogP contribution is -1.98. The van der Waals surface area contributed by atoms with Crippen molar-refractivity contribution in [3.8, 4) is 0 Å². The van der Waals surface area contributed by atoms with Gasteiger partial charge in [0.1, 0.15) is 0 Å². The first-order valence-corrected chi connectivity index (χ1v) is 6.12. The molecule has 0 aliphatic heterocycles. The molecule has 0 atom stereocenters. The molecule has 96 valence electrons. The molecule has 0 amide bonds. The first kappa shape index (κ1) is 13.8. The highest BCUT2D eigenvalue weighted by molar-refractivity contribution is 5.68. The van der Waals surface area contributed by atoms with Crippen molar-refractivity contribution in [1.29, 1.82) is 0 Å². The van der Waals surface area contributed by atoms with Gasteiger partial charge in [0.15, 0.2) is 0 Å². The molecule has 0 saturated carbocycles. The van der Waals surface area contributed by atoms with Gasteiger partial charge in [-0.05, 0) is 32.1 Å². The van der Waals surface area contributed by atoms with Gasteiger partial charge < -0.3 is 4.74 Å². The highest BCUT2D eigenvalue weighted by atomic mass is 16.5. The number of ether oxygens (including phenoxy) is 1. The van der Waals surface area contributed by atoms with Gasteiger partial charge in [0, 0.05) is 7.79 Å². The Morgan fingerprint density at radius 3 is 2.41 bits per heavy atom. The van der Waals surface area contributed by atoms with Gasteiger partial charge in [0.2, 0.25) is 0 Å². The van der Waals surface area contributed by atoms with Crippen LogP contribution in [0, 0.1) is 0 Å². The molecular weight excluding hydrogens is 212 g/mol. The molecule has 0 radical (unpaired) electrons. The second kappa shape index (κ2) is 12.8. The normalized spacial score (nSPS) is 12.6. The third-order valence-corrected chi connectivity index (χ3v) is 2.19. The van der Waals surface area contributed by atoms with Crippen LogP contribution in [0.15, 0.2) is 36.5 Å². The number of carbonyl (C=O) groups excluding carboxylic acids is 1. The quantitative estimate of drug-likeness (QED) is 0.341. The molecule has 0 aromatic carbocycles. The Labute approximate surface area is 106 Å². The third kappa shape index (κ3) is 12.6. The summed E-state index contributed by atoms with van der Waals surface area (Å²) < 4.78 is 11.5. The zero-order valence-electron chi connectivity index (χ0n) is 11.7. The summed E-state index contributed by atoms with van der Waals surface area (Å²) in [6.45, 7) is 0.467. The van der Waals surface area contributed by atoms with E-state index >= 15 is 0 Å². The minimum absolute atomic E-state index is 0.136. The summed E-state index contributed by atoms with van der Waals surface area (Å²) in [5.41, 5.74) is 0. The second-order valence-corrected chi connectivity index (χ2v) is 3.64. The van der Waals surface area contributed by atoms with E-state index in [9.17, 15) is 4.79 Å². The number of carbonyl (C=O) groups is 1. The predicted molar refractivity (Wildman–Crippen MR) is 72.8 cm³/mol. The van der Waals surface area contributed by atoms with E-state index in [0.717, 1.165) is 32.1 Å². The maximum atomic E-state index is 10.8. The van der Waals surface area contributed by atoms with Crippen LogP contribution in [0.4, 0.5) is 0 Å². The molecule has 0 aromatic rings. The van der Waals surface area contributed by atoms with E-state index < -0.39 is 0 Å². The Bertz CT molecular complexity index is 280. The van der Waals surface area contributed by atoms with Crippen LogP contribution >= 0.6 is 0 Å². The monoisotopic (exact) mass is 237 g/mol. The standard InChI is InChI=1S/C15H24O2/c1-3-4-5-6-7-8-9-10-11-12-13-14-15(16)17-2/h4-5,7-8,10-11H,3,6,9,12-14H2,1-2H3/b5-4-,8-7-,11-10-/i1D. The molecule has 0 fully saturated rings. The maximum Gasteiger partial charge on any atom is 0.305 e. The fourth-order valence-corrected chi connectivity index (χ4v) is 1.24. The Morgan fingerprint density at radius 2 is 1.76 bits per heavy atom.